The van der Waals surface area contributed by atoms with Crippen molar-refractivity contribution in [2.24, 2.45) is 11.7 Å². The molecule has 1 saturated carbocycles. The molecule has 1 aromatic rings. The van der Waals surface area contributed by atoms with Gasteiger partial charge in [0.15, 0.2) is 5.82 Å². The molecule has 0 atom stereocenters. The van der Waals surface area contributed by atoms with Crippen molar-refractivity contribution in [3.63, 3.8) is 0 Å². The fourth-order valence-corrected chi connectivity index (χ4v) is 3.46. The average molecular weight is 306 g/mol. The maximum Gasteiger partial charge on any atom is 0.159 e. The van der Waals surface area contributed by atoms with E-state index in [2.05, 4.69) is 22.4 Å². The van der Waals surface area contributed by atoms with Gasteiger partial charge in [0, 0.05) is 6.04 Å². The number of nitrogens with two attached hydrogens (primary N) is 1. The van der Waals surface area contributed by atoms with Gasteiger partial charge >= 0.3 is 0 Å². The molecule has 0 unspecified atom stereocenters. The highest BCUT2D eigenvalue weighted by Crippen LogP contribution is 2.30. The van der Waals surface area contributed by atoms with E-state index in [-0.39, 0.29) is 0 Å². The van der Waals surface area contributed by atoms with Crippen molar-refractivity contribution in [3.05, 3.63) is 16.8 Å². The number of nitrogens with one attached hydrogen (secondary N) is 1. The van der Waals surface area contributed by atoms with E-state index in [4.69, 9.17) is 18.0 Å². The second-order valence-electron chi connectivity index (χ2n) is 6.15. The molecule has 0 aliphatic heterocycles. The first-order valence-corrected chi connectivity index (χ1v) is 8.34. The molecule has 0 bridgehead atoms. The van der Waals surface area contributed by atoms with Crippen molar-refractivity contribution in [1.82, 2.24) is 10.2 Å². The monoisotopic (exact) mass is 306 g/mol. The second-order valence-corrected chi connectivity index (χ2v) is 6.59. The van der Waals surface area contributed by atoms with E-state index < -0.39 is 0 Å². The van der Waals surface area contributed by atoms with Gasteiger partial charge in [0.25, 0.3) is 0 Å². The normalized spacial score (nSPS) is 22.0. The van der Waals surface area contributed by atoms with Crippen molar-refractivity contribution in [1.29, 1.82) is 0 Å². The molecule has 1 heterocycles. The van der Waals surface area contributed by atoms with Crippen LogP contribution in [0, 0.1) is 19.8 Å². The molecular formula is C16H26N4S. The number of aryl methyl sites for hydroxylation is 1. The lowest BCUT2D eigenvalue weighted by molar-refractivity contribution is 0.318. The summed E-state index contributed by atoms with van der Waals surface area (Å²) in [4.78, 5) is 0.396. The van der Waals surface area contributed by atoms with Crippen molar-refractivity contribution < 1.29 is 0 Å². The highest BCUT2D eigenvalue weighted by atomic mass is 32.1. The topological polar surface area (TPSA) is 63.8 Å². The van der Waals surface area contributed by atoms with Gasteiger partial charge in [-0.3, -0.25) is 0 Å². The molecular weight excluding hydrogens is 280 g/mol. The Hall–Kier alpha value is -1.23. The third-order valence-electron chi connectivity index (χ3n) is 4.59. The summed E-state index contributed by atoms with van der Waals surface area (Å²) in [6.45, 7) is 6.20. The zero-order valence-electron chi connectivity index (χ0n) is 13.3. The van der Waals surface area contributed by atoms with Crippen molar-refractivity contribution in [2.75, 3.05) is 5.32 Å². The fourth-order valence-electron chi connectivity index (χ4n) is 3.21. The minimum absolute atomic E-state index is 0.396. The van der Waals surface area contributed by atoms with E-state index in [0.29, 0.717) is 11.0 Å². The van der Waals surface area contributed by atoms with Gasteiger partial charge in [-0.1, -0.05) is 32.0 Å². The Balaban J connectivity index is 2.07. The van der Waals surface area contributed by atoms with Crippen LogP contribution in [-0.2, 0) is 0 Å². The van der Waals surface area contributed by atoms with Gasteiger partial charge in [-0.05, 0) is 51.0 Å². The zero-order valence-corrected chi connectivity index (χ0v) is 14.1. The number of hydrogen-bond donors (Lipinski definition) is 2. The lowest BCUT2D eigenvalue weighted by atomic mass is 9.83. The van der Waals surface area contributed by atoms with Crippen LogP contribution in [-0.4, -0.2) is 21.2 Å². The Bertz CT molecular complexity index is 507. The number of rotatable bonds is 5. The standard InChI is InChI=1S/C16H26N4S/c1-4-5-12-6-8-13(9-7-12)18-16-14(15(17)21)10(2)11(3)19-20-16/h12-13H,4-9H2,1-3H3,(H2,17,21)(H,18,20). The van der Waals surface area contributed by atoms with Crippen LogP contribution in [0.4, 0.5) is 5.82 Å². The van der Waals surface area contributed by atoms with Gasteiger partial charge in [0.2, 0.25) is 0 Å². The molecule has 1 aliphatic rings. The Morgan fingerprint density at radius 1 is 1.24 bits per heavy atom. The lowest BCUT2D eigenvalue weighted by Crippen LogP contribution is -2.28. The Morgan fingerprint density at radius 3 is 2.48 bits per heavy atom. The van der Waals surface area contributed by atoms with Gasteiger partial charge < -0.3 is 11.1 Å². The van der Waals surface area contributed by atoms with Crippen LogP contribution in [0.1, 0.15) is 62.3 Å². The molecule has 0 spiro atoms. The maximum atomic E-state index is 5.87. The van der Waals surface area contributed by atoms with Crippen LogP contribution < -0.4 is 11.1 Å². The molecule has 0 saturated heterocycles. The Kier molecular flexibility index (Phi) is 5.51. The summed E-state index contributed by atoms with van der Waals surface area (Å²) in [5.74, 6) is 1.65. The summed E-state index contributed by atoms with van der Waals surface area (Å²) in [6, 6.07) is 0.461. The Morgan fingerprint density at radius 2 is 1.90 bits per heavy atom. The SMILES string of the molecule is CCCC1CCC(Nc2nnc(C)c(C)c2C(N)=S)CC1. The first-order valence-electron chi connectivity index (χ1n) is 7.93. The van der Waals surface area contributed by atoms with Crippen LogP contribution in [0.15, 0.2) is 0 Å². The summed E-state index contributed by atoms with van der Waals surface area (Å²) in [5.41, 5.74) is 8.64. The summed E-state index contributed by atoms with van der Waals surface area (Å²) < 4.78 is 0. The molecule has 1 aliphatic carbocycles. The highest BCUT2D eigenvalue weighted by molar-refractivity contribution is 7.80. The van der Waals surface area contributed by atoms with E-state index in [0.717, 1.165) is 28.6 Å². The molecule has 3 N–H and O–H groups in total. The molecule has 4 nitrogen and oxygen atoms in total. The fraction of sp³-hybridized carbons (Fsp3) is 0.688. The van der Waals surface area contributed by atoms with E-state index in [1.165, 1.54) is 38.5 Å². The molecule has 0 amide bonds. The van der Waals surface area contributed by atoms with Crippen molar-refractivity contribution in [3.8, 4) is 0 Å². The summed E-state index contributed by atoms with van der Waals surface area (Å²) in [7, 11) is 0. The smallest absolute Gasteiger partial charge is 0.159 e. The van der Waals surface area contributed by atoms with E-state index in [9.17, 15) is 0 Å². The van der Waals surface area contributed by atoms with Crippen LogP contribution in [0.2, 0.25) is 0 Å². The molecule has 116 valence electrons. The van der Waals surface area contributed by atoms with Crippen LogP contribution in [0.3, 0.4) is 0 Å². The number of anilines is 1. The summed E-state index contributed by atoms with van der Waals surface area (Å²) >= 11 is 5.19. The Labute approximate surface area is 132 Å². The van der Waals surface area contributed by atoms with Gasteiger partial charge in [-0.15, -0.1) is 5.10 Å². The number of aromatic nitrogens is 2. The van der Waals surface area contributed by atoms with E-state index in [1.807, 2.05) is 13.8 Å². The molecule has 2 rings (SSSR count). The van der Waals surface area contributed by atoms with Gasteiger partial charge in [-0.2, -0.15) is 5.10 Å². The molecule has 0 aromatic carbocycles. The average Bonchev–Trinajstić information content (AvgIpc) is 2.45. The largest absolute Gasteiger partial charge is 0.389 e. The van der Waals surface area contributed by atoms with E-state index >= 15 is 0 Å². The second kappa shape index (κ2) is 7.16. The molecule has 21 heavy (non-hydrogen) atoms. The first-order chi connectivity index (χ1) is 10.0. The van der Waals surface area contributed by atoms with Gasteiger partial charge in [0.1, 0.15) is 4.99 Å². The molecule has 0 radical (unpaired) electrons. The predicted molar refractivity (Wildman–Crippen MR) is 91.7 cm³/mol. The van der Waals surface area contributed by atoms with E-state index in [1.54, 1.807) is 0 Å². The highest BCUT2D eigenvalue weighted by Gasteiger charge is 2.22. The predicted octanol–water partition coefficient (Wildman–Crippen LogP) is 3.50. The molecule has 1 fully saturated rings. The summed E-state index contributed by atoms with van der Waals surface area (Å²) in [6.07, 6.45) is 7.62. The third-order valence-corrected chi connectivity index (χ3v) is 4.79. The molecule has 1 aromatic heterocycles. The number of thiocarbonyl (C=S) groups is 1. The first kappa shape index (κ1) is 16.1. The quantitative estimate of drug-likeness (QED) is 0.815. The van der Waals surface area contributed by atoms with Gasteiger partial charge in [0.05, 0.1) is 11.3 Å². The van der Waals surface area contributed by atoms with Crippen molar-refractivity contribution in [2.45, 2.75) is 65.3 Å². The third kappa shape index (κ3) is 3.90. The summed E-state index contributed by atoms with van der Waals surface area (Å²) in [5, 5.41) is 12.0. The van der Waals surface area contributed by atoms with Gasteiger partial charge in [-0.25, -0.2) is 0 Å². The van der Waals surface area contributed by atoms with Crippen LogP contribution in [0.5, 0.6) is 0 Å². The number of hydrogen-bond acceptors (Lipinski definition) is 4. The minimum atomic E-state index is 0.396. The molecule has 5 heteroatoms. The lowest BCUT2D eigenvalue weighted by Gasteiger charge is -2.29. The van der Waals surface area contributed by atoms with Crippen LogP contribution >= 0.6 is 12.2 Å². The zero-order chi connectivity index (χ0) is 15.4. The minimum Gasteiger partial charge on any atom is -0.389 e. The maximum absolute atomic E-state index is 5.87. The van der Waals surface area contributed by atoms with Crippen LogP contribution in [0.25, 0.3) is 0 Å². The number of nitrogens with zero attached hydrogens (tertiary/aromatic N) is 2. The van der Waals surface area contributed by atoms with Crippen molar-refractivity contribution >= 4 is 23.0 Å².